The van der Waals surface area contributed by atoms with Crippen LogP contribution in [0, 0.1) is 0 Å². The van der Waals surface area contributed by atoms with Crippen molar-refractivity contribution in [2.75, 3.05) is 0 Å². The summed E-state index contributed by atoms with van der Waals surface area (Å²) in [6.07, 6.45) is 4.65. The fraction of sp³-hybridized carbons (Fsp3) is 0.172. The van der Waals surface area contributed by atoms with Gasteiger partial charge in [0.05, 0.1) is 22.4 Å². The Labute approximate surface area is 189 Å². The van der Waals surface area contributed by atoms with Crippen molar-refractivity contribution in [2.24, 2.45) is 0 Å². The van der Waals surface area contributed by atoms with Crippen LogP contribution >= 0.6 is 0 Å². The number of benzene rings is 3. The topological polar surface area (TPSA) is 46.0 Å². The first-order valence-corrected chi connectivity index (χ1v) is 11.2. The molecule has 160 valence electrons. The molecule has 5 rings (SSSR count). The number of aryl methyl sites for hydroxylation is 1. The summed E-state index contributed by atoms with van der Waals surface area (Å²) in [5.74, 6) is 0.439. The number of para-hydroxylation sites is 3. The lowest BCUT2D eigenvalue weighted by Gasteiger charge is -2.04. The van der Waals surface area contributed by atoms with E-state index in [4.69, 9.17) is 0 Å². The average molecular weight is 421 g/mol. The van der Waals surface area contributed by atoms with Gasteiger partial charge in [0.1, 0.15) is 5.75 Å². The molecule has 0 saturated carbocycles. The van der Waals surface area contributed by atoms with E-state index in [0.717, 1.165) is 45.2 Å². The highest BCUT2D eigenvalue weighted by molar-refractivity contribution is 5.83. The highest BCUT2D eigenvalue weighted by Crippen LogP contribution is 2.22. The van der Waals surface area contributed by atoms with Crippen LogP contribution in [0.1, 0.15) is 31.7 Å². The molecule has 0 unspecified atom stereocenters. The molecule has 0 aliphatic heterocycles. The van der Waals surface area contributed by atoms with E-state index in [0.29, 0.717) is 5.75 Å². The van der Waals surface area contributed by atoms with Gasteiger partial charge in [-0.15, -0.1) is 0 Å². The summed E-state index contributed by atoms with van der Waals surface area (Å²) in [6.45, 7) is 2.19. The van der Waals surface area contributed by atoms with Crippen molar-refractivity contribution in [1.29, 1.82) is 0 Å². The van der Waals surface area contributed by atoms with Crippen molar-refractivity contribution in [3.63, 3.8) is 0 Å². The van der Waals surface area contributed by atoms with Crippen LogP contribution in [-0.4, -0.2) is 15.1 Å². The van der Waals surface area contributed by atoms with E-state index >= 15 is 0 Å². The molecule has 0 aliphatic rings. The molecule has 2 heterocycles. The van der Waals surface area contributed by atoms with Crippen LogP contribution in [0.3, 0.4) is 0 Å². The largest absolute Gasteiger partial charge is 0.508 e. The van der Waals surface area contributed by atoms with Gasteiger partial charge in [-0.2, -0.15) is 0 Å². The Morgan fingerprint density at radius 1 is 0.594 bits per heavy atom. The molecule has 0 fully saturated rings. The first-order chi connectivity index (χ1) is 15.7. The predicted molar refractivity (Wildman–Crippen MR) is 134 cm³/mol. The number of hydrogen-bond donors (Lipinski definition) is 1. The summed E-state index contributed by atoms with van der Waals surface area (Å²) < 4.78 is 0. The lowest BCUT2D eigenvalue weighted by molar-refractivity contribution is 0.466. The second-order valence-electron chi connectivity index (χ2n) is 7.86. The monoisotopic (exact) mass is 420 g/mol. The second-order valence-corrected chi connectivity index (χ2v) is 7.86. The number of aromatic hydroxyl groups is 1. The molecule has 0 bridgehead atoms. The van der Waals surface area contributed by atoms with Gasteiger partial charge >= 0.3 is 0 Å². The quantitative estimate of drug-likeness (QED) is 0.298. The Hall–Kier alpha value is -3.72. The molecular formula is C29H28N2O. The zero-order chi connectivity index (χ0) is 22.2. The average Bonchev–Trinajstić information content (AvgIpc) is 2.85. The van der Waals surface area contributed by atoms with Crippen molar-refractivity contribution >= 4 is 21.8 Å². The van der Waals surface area contributed by atoms with E-state index in [-0.39, 0.29) is 0 Å². The van der Waals surface area contributed by atoms with Crippen molar-refractivity contribution in [3.8, 4) is 17.1 Å². The number of fused-ring (bicyclic) bond motifs is 2. The smallest absolute Gasteiger partial charge is 0.118 e. The number of rotatable bonds is 5. The maximum Gasteiger partial charge on any atom is 0.118 e. The first kappa shape index (κ1) is 21.5. The molecule has 3 nitrogen and oxygen atoms in total. The van der Waals surface area contributed by atoms with Gasteiger partial charge in [-0.1, -0.05) is 86.5 Å². The number of phenolic OH excluding ortho intramolecular Hbond substituents is 1. The van der Waals surface area contributed by atoms with Crippen molar-refractivity contribution in [1.82, 2.24) is 9.97 Å². The Kier molecular flexibility index (Phi) is 7.08. The van der Waals surface area contributed by atoms with Gasteiger partial charge in [0.15, 0.2) is 0 Å². The second kappa shape index (κ2) is 10.5. The summed E-state index contributed by atoms with van der Waals surface area (Å²) in [4.78, 5) is 9.38. The molecule has 0 saturated heterocycles. The minimum atomic E-state index is 0.439. The summed E-state index contributed by atoms with van der Waals surface area (Å²) in [7, 11) is 0. The molecule has 0 radical (unpaired) electrons. The molecule has 3 heteroatoms. The number of phenols is 1. The molecule has 0 atom stereocenters. The molecule has 1 N–H and O–H groups in total. The highest BCUT2D eigenvalue weighted by atomic mass is 16.3. The van der Waals surface area contributed by atoms with E-state index in [1.165, 1.54) is 19.3 Å². The molecule has 3 aromatic carbocycles. The fourth-order valence-electron chi connectivity index (χ4n) is 3.71. The van der Waals surface area contributed by atoms with Gasteiger partial charge in [-0.05, 0) is 48.7 Å². The Morgan fingerprint density at radius 2 is 1.12 bits per heavy atom. The van der Waals surface area contributed by atoms with Crippen LogP contribution < -0.4 is 0 Å². The van der Waals surface area contributed by atoms with Gasteiger partial charge < -0.3 is 5.11 Å². The first-order valence-electron chi connectivity index (χ1n) is 11.2. The third-order valence-corrected chi connectivity index (χ3v) is 5.50. The fourth-order valence-corrected chi connectivity index (χ4v) is 3.71. The van der Waals surface area contributed by atoms with Gasteiger partial charge in [0.25, 0.3) is 0 Å². The SMILES string of the molecule is CCCCCc1ccccc1O.c1ccc2nc(-c3ccc4ccccc4n3)ccc2c1. The third kappa shape index (κ3) is 5.30. The standard InChI is InChI=1S/C18H12N2.C11H16O/c1-3-7-15-13(5-1)9-11-17(19-15)18-12-10-14-6-2-4-8-16(14)20-18;1-2-3-4-7-10-8-5-6-9-11(10)12/h1-12H;5-6,8-9,12H,2-4,7H2,1H3. The minimum absolute atomic E-state index is 0.439. The van der Waals surface area contributed by atoms with Gasteiger partial charge in [-0.25, -0.2) is 9.97 Å². The number of nitrogens with zero attached hydrogens (tertiary/aromatic N) is 2. The van der Waals surface area contributed by atoms with Gasteiger partial charge in [-0.3, -0.25) is 0 Å². The normalized spacial score (nSPS) is 10.7. The summed E-state index contributed by atoms with van der Waals surface area (Å²) in [6, 6.07) is 32.1. The Bertz CT molecular complexity index is 1240. The zero-order valence-corrected chi connectivity index (χ0v) is 18.4. The van der Waals surface area contributed by atoms with Crippen molar-refractivity contribution in [3.05, 3.63) is 103 Å². The molecule has 0 aliphatic carbocycles. The van der Waals surface area contributed by atoms with Crippen LogP contribution in [0.4, 0.5) is 0 Å². The minimum Gasteiger partial charge on any atom is -0.508 e. The number of unbranched alkanes of at least 4 members (excludes halogenated alkanes) is 2. The Balaban J connectivity index is 0.000000176. The van der Waals surface area contributed by atoms with E-state index in [1.807, 2.05) is 66.7 Å². The highest BCUT2D eigenvalue weighted by Gasteiger charge is 2.04. The van der Waals surface area contributed by atoms with E-state index in [2.05, 4.69) is 41.2 Å². The van der Waals surface area contributed by atoms with Crippen LogP contribution in [0.2, 0.25) is 0 Å². The van der Waals surface area contributed by atoms with E-state index in [9.17, 15) is 5.11 Å². The van der Waals surface area contributed by atoms with E-state index < -0.39 is 0 Å². The molecule has 2 aromatic heterocycles. The van der Waals surface area contributed by atoms with Crippen LogP contribution in [-0.2, 0) is 6.42 Å². The van der Waals surface area contributed by atoms with E-state index in [1.54, 1.807) is 6.07 Å². The number of hydrogen-bond acceptors (Lipinski definition) is 3. The summed E-state index contributed by atoms with van der Waals surface area (Å²) in [5.41, 5.74) is 4.90. The number of aromatic nitrogens is 2. The van der Waals surface area contributed by atoms with Crippen LogP contribution in [0.25, 0.3) is 33.2 Å². The van der Waals surface area contributed by atoms with Crippen molar-refractivity contribution in [2.45, 2.75) is 32.6 Å². The molecule has 0 spiro atoms. The zero-order valence-electron chi connectivity index (χ0n) is 18.4. The van der Waals surface area contributed by atoms with Gasteiger partial charge in [0.2, 0.25) is 0 Å². The maximum atomic E-state index is 9.41. The van der Waals surface area contributed by atoms with Crippen LogP contribution in [0.5, 0.6) is 5.75 Å². The lowest BCUT2D eigenvalue weighted by Crippen LogP contribution is -1.89. The Morgan fingerprint density at radius 3 is 1.69 bits per heavy atom. The third-order valence-electron chi connectivity index (χ3n) is 5.50. The lowest BCUT2D eigenvalue weighted by atomic mass is 10.1. The molecular weight excluding hydrogens is 392 g/mol. The summed E-state index contributed by atoms with van der Waals surface area (Å²) >= 11 is 0. The van der Waals surface area contributed by atoms with Crippen molar-refractivity contribution < 1.29 is 5.11 Å². The predicted octanol–water partition coefficient (Wildman–Crippen LogP) is 7.57. The van der Waals surface area contributed by atoms with Gasteiger partial charge in [0, 0.05) is 10.8 Å². The molecule has 5 aromatic rings. The molecule has 32 heavy (non-hydrogen) atoms. The number of pyridine rings is 2. The van der Waals surface area contributed by atoms with Crippen LogP contribution in [0.15, 0.2) is 97.1 Å². The maximum absolute atomic E-state index is 9.41. The summed E-state index contributed by atoms with van der Waals surface area (Å²) in [5, 5.41) is 11.7. The molecule has 0 amide bonds.